The Hall–Kier alpha value is -2.30. The number of aryl methyl sites for hydroxylation is 1. The molecule has 2 heterocycles. The van der Waals surface area contributed by atoms with E-state index in [1.54, 1.807) is 13.3 Å². The Balaban J connectivity index is 2.18. The summed E-state index contributed by atoms with van der Waals surface area (Å²) in [6.07, 6.45) is 4.50. The molecule has 0 aromatic carbocycles. The maximum atomic E-state index is 12.1. The number of carbonyl (C=O) groups is 1. The van der Waals surface area contributed by atoms with Crippen molar-refractivity contribution in [3.63, 3.8) is 0 Å². The van der Waals surface area contributed by atoms with Crippen LogP contribution in [0.2, 0.25) is 0 Å². The Morgan fingerprint density at radius 2 is 2.22 bits per heavy atom. The summed E-state index contributed by atoms with van der Waals surface area (Å²) in [7, 11) is 1.65. The van der Waals surface area contributed by atoms with Gasteiger partial charge in [0, 0.05) is 37.6 Å². The first-order valence-electron chi connectivity index (χ1n) is 5.55. The summed E-state index contributed by atoms with van der Waals surface area (Å²) in [4.78, 5) is 27.9. The van der Waals surface area contributed by atoms with Crippen molar-refractivity contribution in [2.45, 2.75) is 13.5 Å². The van der Waals surface area contributed by atoms with E-state index in [9.17, 15) is 9.59 Å². The lowest BCUT2D eigenvalue weighted by Crippen LogP contribution is -2.30. The molecule has 5 heteroatoms. The molecule has 0 bridgehead atoms. The number of carbonyl (C=O) groups excluding carboxylic acids is 1. The van der Waals surface area contributed by atoms with Crippen molar-refractivity contribution in [3.8, 4) is 0 Å². The summed E-state index contributed by atoms with van der Waals surface area (Å²) in [5, 5.41) is 0. The van der Waals surface area contributed by atoms with E-state index in [0.717, 1.165) is 11.3 Å². The molecule has 5 nitrogen and oxygen atoms in total. The molecule has 2 aromatic heterocycles. The lowest BCUT2D eigenvalue weighted by molar-refractivity contribution is 0.0783. The second kappa shape index (κ2) is 4.91. The molecule has 18 heavy (non-hydrogen) atoms. The highest BCUT2D eigenvalue weighted by Crippen LogP contribution is 2.11. The van der Waals surface area contributed by atoms with Crippen LogP contribution in [0.1, 0.15) is 21.7 Å². The molecule has 0 aliphatic heterocycles. The van der Waals surface area contributed by atoms with Gasteiger partial charge in [-0.15, -0.1) is 0 Å². The van der Waals surface area contributed by atoms with Gasteiger partial charge in [0.2, 0.25) is 0 Å². The standard InChI is InChI=1S/C13H14N2O3/c1-9-10(4-6-18-9)8-15(2)13(17)11-7-14-5-3-12(11)16/h3-7H,8H2,1-2H3,(H,14,16). The maximum Gasteiger partial charge on any atom is 0.259 e. The number of aromatic amines is 1. The number of hydrogen-bond acceptors (Lipinski definition) is 3. The first-order valence-corrected chi connectivity index (χ1v) is 5.55. The first kappa shape index (κ1) is 12.2. The number of furan rings is 1. The molecule has 1 amide bonds. The highest BCUT2D eigenvalue weighted by molar-refractivity contribution is 5.93. The van der Waals surface area contributed by atoms with Crippen molar-refractivity contribution in [2.24, 2.45) is 0 Å². The number of hydrogen-bond donors (Lipinski definition) is 1. The second-order valence-corrected chi connectivity index (χ2v) is 4.09. The summed E-state index contributed by atoms with van der Waals surface area (Å²) < 4.78 is 5.17. The zero-order valence-electron chi connectivity index (χ0n) is 10.3. The molecule has 0 spiro atoms. The van der Waals surface area contributed by atoms with Crippen LogP contribution in [0.3, 0.4) is 0 Å². The average molecular weight is 246 g/mol. The number of pyridine rings is 1. The minimum Gasteiger partial charge on any atom is -0.469 e. The highest BCUT2D eigenvalue weighted by atomic mass is 16.3. The molecule has 0 aliphatic carbocycles. The molecule has 2 aromatic rings. The monoisotopic (exact) mass is 246 g/mol. The quantitative estimate of drug-likeness (QED) is 0.893. The van der Waals surface area contributed by atoms with Gasteiger partial charge in [0.1, 0.15) is 11.3 Å². The van der Waals surface area contributed by atoms with Crippen LogP contribution in [0.15, 0.2) is 40.0 Å². The van der Waals surface area contributed by atoms with E-state index in [1.165, 1.54) is 23.4 Å². The molecule has 1 N–H and O–H groups in total. The maximum absolute atomic E-state index is 12.1. The SMILES string of the molecule is Cc1occc1CN(C)C(=O)c1c[nH]ccc1=O. The van der Waals surface area contributed by atoms with Gasteiger partial charge in [-0.3, -0.25) is 9.59 Å². The fourth-order valence-corrected chi connectivity index (χ4v) is 1.69. The Kier molecular flexibility index (Phi) is 3.32. The molecular formula is C13H14N2O3. The number of nitrogens with one attached hydrogen (secondary N) is 1. The molecule has 0 radical (unpaired) electrons. The normalized spacial score (nSPS) is 10.3. The van der Waals surface area contributed by atoms with E-state index in [2.05, 4.69) is 4.98 Å². The number of aromatic nitrogens is 1. The second-order valence-electron chi connectivity index (χ2n) is 4.09. The fraction of sp³-hybridized carbons (Fsp3) is 0.231. The van der Waals surface area contributed by atoms with Crippen molar-refractivity contribution >= 4 is 5.91 Å². The van der Waals surface area contributed by atoms with E-state index in [1.807, 2.05) is 13.0 Å². The zero-order chi connectivity index (χ0) is 13.1. The van der Waals surface area contributed by atoms with Crippen LogP contribution in [-0.2, 0) is 6.54 Å². The fourth-order valence-electron chi connectivity index (χ4n) is 1.69. The molecule has 2 rings (SSSR count). The first-order chi connectivity index (χ1) is 8.59. The largest absolute Gasteiger partial charge is 0.469 e. The van der Waals surface area contributed by atoms with E-state index in [4.69, 9.17) is 4.42 Å². The van der Waals surface area contributed by atoms with Gasteiger partial charge in [-0.2, -0.15) is 0 Å². The van der Waals surface area contributed by atoms with Gasteiger partial charge in [0.15, 0.2) is 5.43 Å². The molecule has 94 valence electrons. The van der Waals surface area contributed by atoms with Crippen LogP contribution in [0.4, 0.5) is 0 Å². The van der Waals surface area contributed by atoms with Gasteiger partial charge in [-0.25, -0.2) is 0 Å². The number of amides is 1. The predicted molar refractivity (Wildman–Crippen MR) is 66.3 cm³/mol. The van der Waals surface area contributed by atoms with Crippen LogP contribution in [0.25, 0.3) is 0 Å². The summed E-state index contributed by atoms with van der Waals surface area (Å²) in [6, 6.07) is 3.15. The van der Waals surface area contributed by atoms with Gasteiger partial charge in [-0.1, -0.05) is 0 Å². The number of nitrogens with zero attached hydrogens (tertiary/aromatic N) is 1. The van der Waals surface area contributed by atoms with Crippen molar-refractivity contribution in [1.29, 1.82) is 0 Å². The van der Waals surface area contributed by atoms with Gasteiger partial charge in [0.25, 0.3) is 5.91 Å². The van der Waals surface area contributed by atoms with E-state index < -0.39 is 0 Å². The molecular weight excluding hydrogens is 232 g/mol. The lowest BCUT2D eigenvalue weighted by Gasteiger charge is -2.16. The van der Waals surface area contributed by atoms with E-state index in [0.29, 0.717) is 6.54 Å². The third-order valence-corrected chi connectivity index (χ3v) is 2.77. The summed E-state index contributed by atoms with van der Waals surface area (Å²) >= 11 is 0. The minimum atomic E-state index is -0.308. The van der Waals surface area contributed by atoms with E-state index >= 15 is 0 Å². The Labute approximate surface area is 104 Å². The number of H-pyrrole nitrogens is 1. The Morgan fingerprint density at radius 3 is 2.83 bits per heavy atom. The summed E-state index contributed by atoms with van der Waals surface area (Å²) in [6.45, 7) is 2.25. The Morgan fingerprint density at radius 1 is 1.44 bits per heavy atom. The number of rotatable bonds is 3. The smallest absolute Gasteiger partial charge is 0.259 e. The highest BCUT2D eigenvalue weighted by Gasteiger charge is 2.16. The van der Waals surface area contributed by atoms with Crippen LogP contribution in [0, 0.1) is 6.92 Å². The van der Waals surface area contributed by atoms with Crippen LogP contribution >= 0.6 is 0 Å². The topological polar surface area (TPSA) is 66.3 Å². The predicted octanol–water partition coefficient (Wildman–Crippen LogP) is 1.55. The zero-order valence-corrected chi connectivity index (χ0v) is 10.3. The molecule has 0 fully saturated rings. The van der Waals surface area contributed by atoms with Gasteiger partial charge in [-0.05, 0) is 13.0 Å². The third kappa shape index (κ3) is 2.34. The minimum absolute atomic E-state index is 0.140. The van der Waals surface area contributed by atoms with Crippen molar-refractivity contribution < 1.29 is 9.21 Å². The van der Waals surface area contributed by atoms with Gasteiger partial charge in [0.05, 0.1) is 6.26 Å². The van der Waals surface area contributed by atoms with Crippen LogP contribution in [0.5, 0.6) is 0 Å². The molecule has 0 saturated heterocycles. The molecule has 0 atom stereocenters. The van der Waals surface area contributed by atoms with Gasteiger partial charge >= 0.3 is 0 Å². The van der Waals surface area contributed by atoms with Crippen molar-refractivity contribution in [1.82, 2.24) is 9.88 Å². The molecule has 0 aliphatic rings. The summed E-state index contributed by atoms with van der Waals surface area (Å²) in [5.41, 5.74) is 0.786. The van der Waals surface area contributed by atoms with Crippen LogP contribution < -0.4 is 5.43 Å². The lowest BCUT2D eigenvalue weighted by atomic mass is 10.2. The third-order valence-electron chi connectivity index (χ3n) is 2.77. The van der Waals surface area contributed by atoms with Gasteiger partial charge < -0.3 is 14.3 Å². The van der Waals surface area contributed by atoms with Crippen molar-refractivity contribution in [3.05, 3.63) is 57.9 Å². The van der Waals surface area contributed by atoms with Crippen molar-refractivity contribution in [2.75, 3.05) is 7.05 Å². The molecule has 0 unspecified atom stereocenters. The molecule has 0 saturated carbocycles. The Bertz CT molecular complexity index is 612. The average Bonchev–Trinajstić information content (AvgIpc) is 2.75. The van der Waals surface area contributed by atoms with Crippen LogP contribution in [-0.4, -0.2) is 22.8 Å². The summed E-state index contributed by atoms with van der Waals surface area (Å²) in [5.74, 6) is 0.467. The van der Waals surface area contributed by atoms with E-state index in [-0.39, 0.29) is 16.9 Å².